The first-order valence-corrected chi connectivity index (χ1v) is 9.40. The fourth-order valence-electron chi connectivity index (χ4n) is 3.39. The SMILES string of the molecule is COc1ccc(CNC(=O)CN[C@H](C)c2ccc3c(c2)CCCC3)cc1. The van der Waals surface area contributed by atoms with Crippen molar-refractivity contribution in [2.24, 2.45) is 0 Å². The number of rotatable bonds is 7. The zero-order valence-electron chi connectivity index (χ0n) is 15.7. The smallest absolute Gasteiger partial charge is 0.234 e. The topological polar surface area (TPSA) is 50.4 Å². The molecule has 1 aliphatic rings. The molecule has 0 spiro atoms. The van der Waals surface area contributed by atoms with E-state index in [4.69, 9.17) is 4.74 Å². The summed E-state index contributed by atoms with van der Waals surface area (Å²) in [6, 6.07) is 14.6. The summed E-state index contributed by atoms with van der Waals surface area (Å²) in [5.41, 5.74) is 5.28. The van der Waals surface area contributed by atoms with Gasteiger partial charge in [0, 0.05) is 12.6 Å². The molecule has 4 heteroatoms. The normalized spacial score (nSPS) is 14.4. The molecule has 2 N–H and O–H groups in total. The van der Waals surface area contributed by atoms with Gasteiger partial charge in [0.2, 0.25) is 5.91 Å². The molecule has 4 nitrogen and oxygen atoms in total. The van der Waals surface area contributed by atoms with Gasteiger partial charge in [-0.2, -0.15) is 0 Å². The monoisotopic (exact) mass is 352 g/mol. The van der Waals surface area contributed by atoms with E-state index in [0.29, 0.717) is 13.1 Å². The van der Waals surface area contributed by atoms with E-state index in [9.17, 15) is 4.79 Å². The van der Waals surface area contributed by atoms with Gasteiger partial charge in [0.25, 0.3) is 0 Å². The van der Waals surface area contributed by atoms with Crippen molar-refractivity contribution in [3.05, 3.63) is 64.7 Å². The zero-order valence-corrected chi connectivity index (χ0v) is 15.7. The van der Waals surface area contributed by atoms with Gasteiger partial charge in [-0.3, -0.25) is 4.79 Å². The fraction of sp³-hybridized carbons (Fsp3) is 0.409. The molecule has 138 valence electrons. The molecule has 2 aromatic carbocycles. The van der Waals surface area contributed by atoms with Crippen LogP contribution < -0.4 is 15.4 Å². The van der Waals surface area contributed by atoms with Gasteiger partial charge >= 0.3 is 0 Å². The van der Waals surface area contributed by atoms with Gasteiger partial charge in [-0.1, -0.05) is 30.3 Å². The molecule has 26 heavy (non-hydrogen) atoms. The second-order valence-electron chi connectivity index (χ2n) is 6.96. The minimum absolute atomic E-state index is 0.00521. The molecular weight excluding hydrogens is 324 g/mol. The number of nitrogens with one attached hydrogen (secondary N) is 2. The van der Waals surface area contributed by atoms with Crippen LogP contribution in [0.2, 0.25) is 0 Å². The summed E-state index contributed by atoms with van der Waals surface area (Å²) in [5.74, 6) is 0.825. The Hall–Kier alpha value is -2.33. The molecule has 0 aromatic heterocycles. The number of aryl methyl sites for hydroxylation is 2. The van der Waals surface area contributed by atoms with Crippen LogP contribution in [0, 0.1) is 0 Å². The zero-order chi connectivity index (χ0) is 18.4. The van der Waals surface area contributed by atoms with E-state index in [1.54, 1.807) is 7.11 Å². The Morgan fingerprint density at radius 1 is 1.08 bits per heavy atom. The summed E-state index contributed by atoms with van der Waals surface area (Å²) < 4.78 is 5.14. The van der Waals surface area contributed by atoms with Crippen molar-refractivity contribution in [1.82, 2.24) is 10.6 Å². The van der Waals surface area contributed by atoms with Crippen LogP contribution in [0.5, 0.6) is 5.75 Å². The van der Waals surface area contributed by atoms with Crippen molar-refractivity contribution >= 4 is 5.91 Å². The first kappa shape index (κ1) is 18.5. The van der Waals surface area contributed by atoms with Gasteiger partial charge in [-0.15, -0.1) is 0 Å². The third-order valence-electron chi connectivity index (χ3n) is 5.09. The van der Waals surface area contributed by atoms with Gasteiger partial charge in [0.15, 0.2) is 0 Å². The maximum Gasteiger partial charge on any atom is 0.234 e. The van der Waals surface area contributed by atoms with Crippen molar-refractivity contribution < 1.29 is 9.53 Å². The molecule has 0 unspecified atom stereocenters. The van der Waals surface area contributed by atoms with E-state index in [-0.39, 0.29) is 11.9 Å². The summed E-state index contributed by atoms with van der Waals surface area (Å²) in [4.78, 5) is 12.1. The van der Waals surface area contributed by atoms with Crippen molar-refractivity contribution in [1.29, 1.82) is 0 Å². The highest BCUT2D eigenvalue weighted by Crippen LogP contribution is 2.24. The number of carbonyl (C=O) groups excluding carboxylic acids is 1. The Kier molecular flexibility index (Phi) is 6.29. The minimum atomic E-state index is 0.00521. The molecule has 0 saturated carbocycles. The lowest BCUT2D eigenvalue weighted by Crippen LogP contribution is -2.34. The van der Waals surface area contributed by atoms with E-state index < -0.39 is 0 Å². The van der Waals surface area contributed by atoms with Gasteiger partial charge in [0.1, 0.15) is 5.75 Å². The molecule has 0 radical (unpaired) electrons. The van der Waals surface area contributed by atoms with Crippen LogP contribution in [-0.4, -0.2) is 19.6 Å². The lowest BCUT2D eigenvalue weighted by Gasteiger charge is -2.20. The van der Waals surface area contributed by atoms with E-state index in [0.717, 1.165) is 11.3 Å². The Morgan fingerprint density at radius 2 is 1.81 bits per heavy atom. The minimum Gasteiger partial charge on any atom is -0.497 e. The Morgan fingerprint density at radius 3 is 2.54 bits per heavy atom. The van der Waals surface area contributed by atoms with Crippen LogP contribution in [0.1, 0.15) is 48.1 Å². The van der Waals surface area contributed by atoms with E-state index in [1.807, 2.05) is 24.3 Å². The predicted molar refractivity (Wildman–Crippen MR) is 104 cm³/mol. The Labute approximate surface area is 156 Å². The molecule has 1 aliphatic carbocycles. The van der Waals surface area contributed by atoms with Crippen molar-refractivity contribution in [3.63, 3.8) is 0 Å². The Bertz CT molecular complexity index is 740. The summed E-state index contributed by atoms with van der Waals surface area (Å²) in [6.45, 7) is 2.95. The quantitative estimate of drug-likeness (QED) is 0.801. The molecule has 1 amide bonds. The lowest BCUT2D eigenvalue weighted by molar-refractivity contribution is -0.120. The maximum atomic E-state index is 12.1. The highest BCUT2D eigenvalue weighted by molar-refractivity contribution is 5.78. The number of benzene rings is 2. The van der Waals surface area contributed by atoms with Crippen LogP contribution in [0.4, 0.5) is 0 Å². The second-order valence-corrected chi connectivity index (χ2v) is 6.96. The number of hydrogen-bond acceptors (Lipinski definition) is 3. The molecule has 0 saturated heterocycles. The van der Waals surface area contributed by atoms with Crippen LogP contribution >= 0.6 is 0 Å². The van der Waals surface area contributed by atoms with Crippen molar-refractivity contribution in [2.45, 2.75) is 45.2 Å². The molecule has 3 rings (SSSR count). The Balaban J connectivity index is 1.46. The lowest BCUT2D eigenvalue weighted by atomic mass is 9.89. The predicted octanol–water partition coefficient (Wildman–Crippen LogP) is 3.54. The first-order chi connectivity index (χ1) is 12.7. The largest absolute Gasteiger partial charge is 0.497 e. The third kappa shape index (κ3) is 4.85. The summed E-state index contributed by atoms with van der Waals surface area (Å²) in [5, 5.41) is 6.28. The number of methoxy groups -OCH3 is 1. The standard InChI is InChI=1S/C22H28N2O2/c1-16(19-10-9-18-5-3-4-6-20(18)13-19)23-15-22(25)24-14-17-7-11-21(26-2)12-8-17/h7-13,16,23H,3-6,14-15H2,1-2H3,(H,24,25)/t16-/m1/s1. The summed E-state index contributed by atoms with van der Waals surface area (Å²) in [6.07, 6.45) is 4.96. The second kappa shape index (κ2) is 8.86. The van der Waals surface area contributed by atoms with Gasteiger partial charge < -0.3 is 15.4 Å². The average molecular weight is 352 g/mol. The van der Waals surface area contributed by atoms with Gasteiger partial charge in [-0.05, 0) is 67.0 Å². The molecule has 2 aromatic rings. The van der Waals surface area contributed by atoms with Crippen molar-refractivity contribution in [3.8, 4) is 5.75 Å². The average Bonchev–Trinajstić information content (AvgIpc) is 2.70. The van der Waals surface area contributed by atoms with Crippen LogP contribution in [0.25, 0.3) is 0 Å². The van der Waals surface area contributed by atoms with Gasteiger partial charge in [0.05, 0.1) is 13.7 Å². The van der Waals surface area contributed by atoms with Crippen LogP contribution in [0.3, 0.4) is 0 Å². The van der Waals surface area contributed by atoms with Crippen LogP contribution in [-0.2, 0) is 24.2 Å². The number of fused-ring (bicyclic) bond motifs is 1. The molecule has 1 atom stereocenters. The molecule has 0 heterocycles. The number of carbonyl (C=O) groups is 1. The number of amides is 1. The van der Waals surface area contributed by atoms with E-state index in [1.165, 1.54) is 42.4 Å². The van der Waals surface area contributed by atoms with Crippen LogP contribution in [0.15, 0.2) is 42.5 Å². The number of hydrogen-bond donors (Lipinski definition) is 2. The van der Waals surface area contributed by atoms with Gasteiger partial charge in [-0.25, -0.2) is 0 Å². The number of ether oxygens (including phenoxy) is 1. The van der Waals surface area contributed by atoms with E-state index >= 15 is 0 Å². The summed E-state index contributed by atoms with van der Waals surface area (Å²) in [7, 11) is 1.65. The fourth-order valence-corrected chi connectivity index (χ4v) is 3.39. The summed E-state index contributed by atoms with van der Waals surface area (Å²) >= 11 is 0. The molecular formula is C22H28N2O2. The highest BCUT2D eigenvalue weighted by Gasteiger charge is 2.13. The molecule has 0 aliphatic heterocycles. The first-order valence-electron chi connectivity index (χ1n) is 9.40. The third-order valence-corrected chi connectivity index (χ3v) is 5.09. The molecule has 0 fully saturated rings. The highest BCUT2D eigenvalue weighted by atomic mass is 16.5. The molecule has 0 bridgehead atoms. The van der Waals surface area contributed by atoms with Crippen molar-refractivity contribution in [2.75, 3.05) is 13.7 Å². The maximum absolute atomic E-state index is 12.1. The van der Waals surface area contributed by atoms with E-state index in [2.05, 4.69) is 35.8 Å².